The van der Waals surface area contributed by atoms with Gasteiger partial charge in [0.25, 0.3) is 0 Å². The largest absolute Gasteiger partial charge is 0.490 e. The lowest BCUT2D eigenvalue weighted by Gasteiger charge is -2.26. The molecule has 1 heterocycles. The van der Waals surface area contributed by atoms with Gasteiger partial charge in [0.05, 0.1) is 26.4 Å². The summed E-state index contributed by atoms with van der Waals surface area (Å²) in [4.78, 5) is 2.47. The number of morpholine rings is 1. The smallest absolute Gasteiger partial charge is 0.161 e. The second-order valence-electron chi connectivity index (χ2n) is 5.63. The Balaban J connectivity index is 0.00000288. The fourth-order valence-corrected chi connectivity index (χ4v) is 2.69. The normalized spacial score (nSPS) is 14.3. The number of hydrogen-bond acceptors (Lipinski definition) is 5. The molecule has 7 heteroatoms. The number of halogens is 2. The van der Waals surface area contributed by atoms with Gasteiger partial charge in [-0.3, -0.25) is 4.90 Å². The van der Waals surface area contributed by atoms with Crippen LogP contribution in [0.2, 0.25) is 0 Å². The fourth-order valence-electron chi connectivity index (χ4n) is 2.69. The van der Waals surface area contributed by atoms with E-state index in [-0.39, 0.29) is 24.8 Å². The Labute approximate surface area is 164 Å². The van der Waals surface area contributed by atoms with Crippen molar-refractivity contribution in [3.8, 4) is 11.5 Å². The van der Waals surface area contributed by atoms with Gasteiger partial charge < -0.3 is 19.5 Å². The first-order valence-electron chi connectivity index (χ1n) is 8.72. The zero-order valence-corrected chi connectivity index (χ0v) is 16.9. The quantitative estimate of drug-likeness (QED) is 0.617. The molecule has 0 bridgehead atoms. The Morgan fingerprint density at radius 1 is 1.04 bits per heavy atom. The van der Waals surface area contributed by atoms with Gasteiger partial charge in [-0.05, 0) is 51.1 Å². The van der Waals surface area contributed by atoms with Gasteiger partial charge in [-0.15, -0.1) is 24.8 Å². The van der Waals surface area contributed by atoms with E-state index >= 15 is 0 Å². The van der Waals surface area contributed by atoms with Gasteiger partial charge in [0.15, 0.2) is 11.5 Å². The molecular formula is C18H32Cl2N2O3. The van der Waals surface area contributed by atoms with Crippen LogP contribution < -0.4 is 14.8 Å². The van der Waals surface area contributed by atoms with Crippen molar-refractivity contribution in [3.05, 3.63) is 23.8 Å². The van der Waals surface area contributed by atoms with Gasteiger partial charge in [-0.1, -0.05) is 6.07 Å². The van der Waals surface area contributed by atoms with Gasteiger partial charge in [-0.2, -0.15) is 0 Å². The van der Waals surface area contributed by atoms with Gasteiger partial charge >= 0.3 is 0 Å². The summed E-state index contributed by atoms with van der Waals surface area (Å²) in [7, 11) is 0. The molecule has 1 aliphatic rings. The summed E-state index contributed by atoms with van der Waals surface area (Å²) in [5.41, 5.74) is 1.23. The number of hydrogen-bond donors (Lipinski definition) is 1. The van der Waals surface area contributed by atoms with Crippen LogP contribution in [0, 0.1) is 0 Å². The minimum atomic E-state index is 0. The summed E-state index contributed by atoms with van der Waals surface area (Å²) in [6.07, 6.45) is 1.16. The van der Waals surface area contributed by atoms with E-state index < -0.39 is 0 Å². The Hall–Kier alpha value is -0.720. The predicted octanol–water partition coefficient (Wildman–Crippen LogP) is 3.14. The van der Waals surface area contributed by atoms with E-state index in [9.17, 15) is 0 Å². The highest BCUT2D eigenvalue weighted by Crippen LogP contribution is 2.28. The molecule has 1 aromatic carbocycles. The first-order valence-corrected chi connectivity index (χ1v) is 8.72. The molecule has 0 aromatic heterocycles. The van der Waals surface area contributed by atoms with E-state index in [1.165, 1.54) is 5.56 Å². The van der Waals surface area contributed by atoms with Crippen LogP contribution in [0.1, 0.15) is 25.8 Å². The molecule has 1 fully saturated rings. The summed E-state index contributed by atoms with van der Waals surface area (Å²) in [6.45, 7) is 12.2. The lowest BCUT2D eigenvalue weighted by molar-refractivity contribution is 0.0374. The Morgan fingerprint density at radius 2 is 1.72 bits per heavy atom. The Kier molecular flexibility index (Phi) is 14.0. The standard InChI is InChI=1S/C18H30N2O3.2ClH/c1-3-22-17-7-6-16(14-18(17)23-4-2)15-19-8-5-9-20-10-12-21-13-11-20;;/h6-7,14,19H,3-5,8-13,15H2,1-2H3;2*1H. The molecule has 25 heavy (non-hydrogen) atoms. The van der Waals surface area contributed by atoms with Crippen molar-refractivity contribution in [3.63, 3.8) is 0 Å². The second kappa shape index (κ2) is 14.4. The molecule has 1 N–H and O–H groups in total. The average Bonchev–Trinajstić information content (AvgIpc) is 2.58. The van der Waals surface area contributed by atoms with E-state index in [1.54, 1.807) is 0 Å². The summed E-state index contributed by atoms with van der Waals surface area (Å²) >= 11 is 0. The van der Waals surface area contributed by atoms with Crippen LogP contribution in [0.3, 0.4) is 0 Å². The van der Waals surface area contributed by atoms with Crippen molar-refractivity contribution in [2.75, 3.05) is 52.6 Å². The molecule has 5 nitrogen and oxygen atoms in total. The SMILES string of the molecule is CCOc1ccc(CNCCCN2CCOCC2)cc1OCC.Cl.Cl. The van der Waals surface area contributed by atoms with Crippen molar-refractivity contribution in [2.45, 2.75) is 26.8 Å². The zero-order chi connectivity index (χ0) is 16.3. The van der Waals surface area contributed by atoms with Crippen LogP contribution in [0.25, 0.3) is 0 Å². The third-order valence-corrected chi connectivity index (χ3v) is 3.87. The maximum Gasteiger partial charge on any atom is 0.161 e. The van der Waals surface area contributed by atoms with Crippen molar-refractivity contribution < 1.29 is 14.2 Å². The maximum atomic E-state index is 5.67. The molecule has 1 aromatic rings. The van der Waals surface area contributed by atoms with Gasteiger partial charge in [0.2, 0.25) is 0 Å². The molecule has 146 valence electrons. The number of nitrogens with zero attached hydrogens (tertiary/aromatic N) is 1. The molecule has 0 spiro atoms. The molecular weight excluding hydrogens is 363 g/mol. The summed E-state index contributed by atoms with van der Waals surface area (Å²) < 4.78 is 16.6. The van der Waals surface area contributed by atoms with Crippen LogP contribution >= 0.6 is 24.8 Å². The Bertz CT molecular complexity index is 458. The summed E-state index contributed by atoms with van der Waals surface area (Å²) in [5.74, 6) is 1.66. The van der Waals surface area contributed by atoms with Gasteiger partial charge in [-0.25, -0.2) is 0 Å². The lowest BCUT2D eigenvalue weighted by atomic mass is 10.2. The predicted molar refractivity (Wildman–Crippen MR) is 107 cm³/mol. The van der Waals surface area contributed by atoms with Crippen LogP contribution in [0.15, 0.2) is 18.2 Å². The van der Waals surface area contributed by atoms with Gasteiger partial charge in [0, 0.05) is 19.6 Å². The number of ether oxygens (including phenoxy) is 3. The number of rotatable bonds is 10. The molecule has 1 saturated heterocycles. The van der Waals surface area contributed by atoms with Crippen molar-refractivity contribution >= 4 is 24.8 Å². The van der Waals surface area contributed by atoms with E-state index in [1.807, 2.05) is 19.9 Å². The van der Waals surface area contributed by atoms with E-state index in [0.29, 0.717) is 13.2 Å². The third-order valence-electron chi connectivity index (χ3n) is 3.87. The molecule has 0 unspecified atom stereocenters. The first-order chi connectivity index (χ1) is 11.3. The minimum absolute atomic E-state index is 0. The third kappa shape index (κ3) is 8.97. The van der Waals surface area contributed by atoms with Crippen molar-refractivity contribution in [1.82, 2.24) is 10.2 Å². The number of benzene rings is 1. The fraction of sp³-hybridized carbons (Fsp3) is 0.667. The molecule has 0 aliphatic carbocycles. The van der Waals surface area contributed by atoms with Crippen molar-refractivity contribution in [1.29, 1.82) is 0 Å². The molecule has 1 aliphatic heterocycles. The van der Waals surface area contributed by atoms with Gasteiger partial charge in [0.1, 0.15) is 0 Å². The first kappa shape index (κ1) is 24.3. The zero-order valence-electron chi connectivity index (χ0n) is 15.3. The summed E-state index contributed by atoms with van der Waals surface area (Å²) in [6, 6.07) is 6.17. The molecule has 0 saturated carbocycles. The molecule has 2 rings (SSSR count). The highest BCUT2D eigenvalue weighted by molar-refractivity contribution is 5.85. The van der Waals surface area contributed by atoms with Crippen LogP contribution in [0.4, 0.5) is 0 Å². The van der Waals surface area contributed by atoms with E-state index in [2.05, 4.69) is 22.3 Å². The lowest BCUT2D eigenvalue weighted by Crippen LogP contribution is -2.37. The molecule has 0 radical (unpaired) electrons. The van der Waals surface area contributed by atoms with Crippen molar-refractivity contribution in [2.24, 2.45) is 0 Å². The highest BCUT2D eigenvalue weighted by Gasteiger charge is 2.09. The monoisotopic (exact) mass is 394 g/mol. The molecule has 0 atom stereocenters. The highest BCUT2D eigenvalue weighted by atomic mass is 35.5. The molecule has 0 amide bonds. The Morgan fingerprint density at radius 3 is 2.40 bits per heavy atom. The number of nitrogens with one attached hydrogen (secondary N) is 1. The maximum absolute atomic E-state index is 5.67. The summed E-state index contributed by atoms with van der Waals surface area (Å²) in [5, 5.41) is 3.51. The van der Waals surface area contributed by atoms with Crippen LogP contribution in [0.5, 0.6) is 11.5 Å². The van der Waals surface area contributed by atoms with E-state index in [0.717, 1.165) is 63.9 Å². The van der Waals surface area contributed by atoms with Crippen LogP contribution in [-0.4, -0.2) is 57.5 Å². The minimum Gasteiger partial charge on any atom is -0.490 e. The van der Waals surface area contributed by atoms with Crippen LogP contribution in [-0.2, 0) is 11.3 Å². The average molecular weight is 395 g/mol. The van der Waals surface area contributed by atoms with E-state index in [4.69, 9.17) is 14.2 Å². The second-order valence-corrected chi connectivity index (χ2v) is 5.63. The topological polar surface area (TPSA) is 43.0 Å².